The number of rotatable bonds is 2. The predicted molar refractivity (Wildman–Crippen MR) is 65.7 cm³/mol. The Labute approximate surface area is 106 Å². The van der Waals surface area contributed by atoms with Crippen molar-refractivity contribution in [3.05, 3.63) is 35.1 Å². The molecule has 0 aromatic heterocycles. The number of amides is 1. The zero-order chi connectivity index (χ0) is 13.1. The van der Waals surface area contributed by atoms with E-state index in [-0.39, 0.29) is 23.9 Å². The summed E-state index contributed by atoms with van der Waals surface area (Å²) in [6, 6.07) is 4.72. The fourth-order valence-corrected chi connectivity index (χ4v) is 2.11. The Morgan fingerprint density at radius 2 is 2.00 bits per heavy atom. The molecule has 0 atom stereocenters. The fourth-order valence-electron chi connectivity index (χ4n) is 2.11. The highest BCUT2D eigenvalue weighted by Crippen LogP contribution is 2.12. The van der Waals surface area contributed by atoms with E-state index < -0.39 is 0 Å². The van der Waals surface area contributed by atoms with Crippen LogP contribution in [-0.4, -0.2) is 29.7 Å². The van der Waals surface area contributed by atoms with Crippen molar-refractivity contribution in [2.45, 2.75) is 26.2 Å². The maximum atomic E-state index is 13.1. The molecule has 1 amide bonds. The summed E-state index contributed by atoms with van der Waals surface area (Å²) in [5, 5.41) is 0. The summed E-state index contributed by atoms with van der Waals surface area (Å²) in [6.07, 6.45) is 1.18. The summed E-state index contributed by atoms with van der Waals surface area (Å²) >= 11 is 0. The standard InChI is InChI=1S/C14H16FNO2/c1-10-8-11(2-3-13(10)15)9-14(18)16-6-4-12(17)5-7-16/h2-3,8H,4-7,9H2,1H3. The lowest BCUT2D eigenvalue weighted by Gasteiger charge is -2.26. The molecule has 96 valence electrons. The monoisotopic (exact) mass is 249 g/mol. The second kappa shape index (κ2) is 5.29. The first-order valence-corrected chi connectivity index (χ1v) is 6.11. The molecule has 1 saturated heterocycles. The van der Waals surface area contributed by atoms with E-state index in [1.54, 1.807) is 24.0 Å². The van der Waals surface area contributed by atoms with Gasteiger partial charge in [0.15, 0.2) is 0 Å². The van der Waals surface area contributed by atoms with Gasteiger partial charge in [-0.3, -0.25) is 9.59 Å². The molecule has 1 aliphatic heterocycles. The van der Waals surface area contributed by atoms with E-state index in [0.29, 0.717) is 31.5 Å². The molecule has 1 aliphatic rings. The first-order chi connectivity index (χ1) is 8.56. The van der Waals surface area contributed by atoms with Gasteiger partial charge in [-0.05, 0) is 24.1 Å². The van der Waals surface area contributed by atoms with Crippen LogP contribution in [-0.2, 0) is 16.0 Å². The third-order valence-electron chi connectivity index (χ3n) is 3.25. The fraction of sp³-hybridized carbons (Fsp3) is 0.429. The molecule has 0 unspecified atom stereocenters. The van der Waals surface area contributed by atoms with E-state index in [0.717, 1.165) is 5.56 Å². The van der Waals surface area contributed by atoms with Crippen LogP contribution in [0.5, 0.6) is 0 Å². The van der Waals surface area contributed by atoms with Crippen LogP contribution in [0.2, 0.25) is 0 Å². The van der Waals surface area contributed by atoms with Gasteiger partial charge in [0.2, 0.25) is 5.91 Å². The molecule has 1 aromatic rings. The number of carbonyl (C=O) groups excluding carboxylic acids is 2. The van der Waals surface area contributed by atoms with Crippen LogP contribution in [0, 0.1) is 12.7 Å². The van der Waals surface area contributed by atoms with Crippen molar-refractivity contribution in [3.8, 4) is 0 Å². The normalized spacial score (nSPS) is 15.9. The van der Waals surface area contributed by atoms with Crippen molar-refractivity contribution >= 4 is 11.7 Å². The molecule has 1 fully saturated rings. The SMILES string of the molecule is Cc1cc(CC(=O)N2CCC(=O)CC2)ccc1F. The van der Waals surface area contributed by atoms with Gasteiger partial charge in [-0.15, -0.1) is 0 Å². The average molecular weight is 249 g/mol. The minimum absolute atomic E-state index is 0.00788. The number of hydrogen-bond acceptors (Lipinski definition) is 2. The summed E-state index contributed by atoms with van der Waals surface area (Å²) in [5.41, 5.74) is 1.37. The Morgan fingerprint density at radius 1 is 1.33 bits per heavy atom. The molecule has 2 rings (SSSR count). The minimum atomic E-state index is -0.255. The smallest absolute Gasteiger partial charge is 0.227 e. The molecule has 0 radical (unpaired) electrons. The van der Waals surface area contributed by atoms with E-state index in [4.69, 9.17) is 0 Å². The van der Waals surface area contributed by atoms with Crippen molar-refractivity contribution in [1.29, 1.82) is 0 Å². The maximum absolute atomic E-state index is 13.1. The lowest BCUT2D eigenvalue weighted by molar-refractivity contribution is -0.133. The maximum Gasteiger partial charge on any atom is 0.227 e. The molecule has 3 nitrogen and oxygen atoms in total. The lowest BCUT2D eigenvalue weighted by atomic mass is 10.1. The molecule has 0 N–H and O–H groups in total. The summed E-state index contributed by atoms with van der Waals surface area (Å²) in [7, 11) is 0. The van der Waals surface area contributed by atoms with E-state index >= 15 is 0 Å². The van der Waals surface area contributed by atoms with Gasteiger partial charge in [-0.2, -0.15) is 0 Å². The van der Waals surface area contributed by atoms with Crippen LogP contribution in [0.3, 0.4) is 0 Å². The highest BCUT2D eigenvalue weighted by Gasteiger charge is 2.20. The van der Waals surface area contributed by atoms with Gasteiger partial charge < -0.3 is 4.90 Å². The zero-order valence-electron chi connectivity index (χ0n) is 10.4. The quantitative estimate of drug-likeness (QED) is 0.802. The number of piperidine rings is 1. The van der Waals surface area contributed by atoms with Crippen molar-refractivity contribution in [2.24, 2.45) is 0 Å². The molecule has 0 bridgehead atoms. The molecular formula is C14H16FNO2. The molecule has 0 aliphatic carbocycles. The largest absolute Gasteiger partial charge is 0.342 e. The molecule has 18 heavy (non-hydrogen) atoms. The van der Waals surface area contributed by atoms with Gasteiger partial charge in [0.05, 0.1) is 6.42 Å². The van der Waals surface area contributed by atoms with Gasteiger partial charge in [0, 0.05) is 25.9 Å². The number of Topliss-reactive ketones (excluding diaryl/α,β-unsaturated/α-hetero) is 1. The van der Waals surface area contributed by atoms with E-state index in [1.807, 2.05) is 0 Å². The highest BCUT2D eigenvalue weighted by molar-refractivity contribution is 5.84. The highest BCUT2D eigenvalue weighted by atomic mass is 19.1. The van der Waals surface area contributed by atoms with Gasteiger partial charge in [-0.1, -0.05) is 12.1 Å². The second-order valence-electron chi connectivity index (χ2n) is 4.68. The van der Waals surface area contributed by atoms with E-state index in [2.05, 4.69) is 0 Å². The van der Waals surface area contributed by atoms with Crippen LogP contribution < -0.4 is 0 Å². The van der Waals surface area contributed by atoms with Crippen molar-refractivity contribution in [1.82, 2.24) is 4.90 Å². The van der Waals surface area contributed by atoms with Crippen LogP contribution in [0.1, 0.15) is 24.0 Å². The number of hydrogen-bond donors (Lipinski definition) is 0. The summed E-state index contributed by atoms with van der Waals surface area (Å²) in [6.45, 7) is 2.71. The number of nitrogens with zero attached hydrogens (tertiary/aromatic N) is 1. The number of ketones is 1. The van der Waals surface area contributed by atoms with Crippen molar-refractivity contribution in [2.75, 3.05) is 13.1 Å². The number of halogens is 1. The molecule has 1 aromatic carbocycles. The van der Waals surface area contributed by atoms with Crippen LogP contribution >= 0.6 is 0 Å². The lowest BCUT2D eigenvalue weighted by Crippen LogP contribution is -2.39. The number of carbonyl (C=O) groups is 2. The van der Waals surface area contributed by atoms with E-state index in [9.17, 15) is 14.0 Å². The van der Waals surface area contributed by atoms with Crippen molar-refractivity contribution < 1.29 is 14.0 Å². The minimum Gasteiger partial charge on any atom is -0.342 e. The zero-order valence-corrected chi connectivity index (χ0v) is 10.4. The Hall–Kier alpha value is -1.71. The van der Waals surface area contributed by atoms with Crippen LogP contribution in [0.25, 0.3) is 0 Å². The number of benzene rings is 1. The van der Waals surface area contributed by atoms with Gasteiger partial charge in [0.1, 0.15) is 11.6 Å². The van der Waals surface area contributed by atoms with Gasteiger partial charge >= 0.3 is 0 Å². The molecule has 1 heterocycles. The number of likely N-dealkylation sites (tertiary alicyclic amines) is 1. The molecular weight excluding hydrogens is 233 g/mol. The van der Waals surface area contributed by atoms with Crippen LogP contribution in [0.15, 0.2) is 18.2 Å². The Balaban J connectivity index is 1.98. The molecule has 0 saturated carbocycles. The van der Waals surface area contributed by atoms with Crippen molar-refractivity contribution in [3.63, 3.8) is 0 Å². The predicted octanol–water partition coefficient (Wildman–Crippen LogP) is 1.87. The average Bonchev–Trinajstić information content (AvgIpc) is 2.34. The Bertz CT molecular complexity index is 475. The molecule has 4 heteroatoms. The Morgan fingerprint density at radius 3 is 2.61 bits per heavy atom. The summed E-state index contributed by atoms with van der Waals surface area (Å²) < 4.78 is 13.1. The van der Waals surface area contributed by atoms with Gasteiger partial charge in [0.25, 0.3) is 0 Å². The van der Waals surface area contributed by atoms with E-state index in [1.165, 1.54) is 6.07 Å². The third kappa shape index (κ3) is 2.94. The van der Waals surface area contributed by atoms with Crippen LogP contribution in [0.4, 0.5) is 4.39 Å². The second-order valence-corrected chi connectivity index (χ2v) is 4.68. The third-order valence-corrected chi connectivity index (χ3v) is 3.25. The number of aryl methyl sites for hydroxylation is 1. The Kier molecular flexibility index (Phi) is 3.75. The summed E-state index contributed by atoms with van der Waals surface area (Å²) in [4.78, 5) is 24.8. The summed E-state index contributed by atoms with van der Waals surface area (Å²) in [5.74, 6) is -0.0278. The first-order valence-electron chi connectivity index (χ1n) is 6.11. The topological polar surface area (TPSA) is 37.4 Å². The first kappa shape index (κ1) is 12.7. The van der Waals surface area contributed by atoms with Gasteiger partial charge in [-0.25, -0.2) is 4.39 Å². The molecule has 0 spiro atoms.